The first kappa shape index (κ1) is 17.2. The third kappa shape index (κ3) is 4.55. The van der Waals surface area contributed by atoms with Gasteiger partial charge in [0.2, 0.25) is 5.43 Å². The van der Waals surface area contributed by atoms with Gasteiger partial charge in [-0.3, -0.25) is 14.5 Å². The summed E-state index contributed by atoms with van der Waals surface area (Å²) in [6.07, 6.45) is -0.202. The van der Waals surface area contributed by atoms with Crippen molar-refractivity contribution in [2.45, 2.75) is 26.1 Å². The fourth-order valence-electron chi connectivity index (χ4n) is 2.02. The van der Waals surface area contributed by atoms with Crippen molar-refractivity contribution in [3.8, 4) is 5.75 Å². The summed E-state index contributed by atoms with van der Waals surface area (Å²) in [4.78, 5) is 24.1. The topological polar surface area (TPSA) is 123 Å². The van der Waals surface area contributed by atoms with E-state index in [1.54, 1.807) is 11.9 Å². The lowest BCUT2D eigenvalue weighted by atomic mass is 10.2. The standard InChI is InChI=1S/C13H20N2O6/c1-14(4-5-16)7-10-13(21)11(18)6-9(8-17)15(10)3-2-12(19)20/h6,16-17,21H,2-5,7-8H2,1H3,(H,19,20). The van der Waals surface area contributed by atoms with E-state index in [2.05, 4.69) is 0 Å². The van der Waals surface area contributed by atoms with Crippen LogP contribution in [0.4, 0.5) is 0 Å². The maximum Gasteiger partial charge on any atom is 0.305 e. The molecule has 0 saturated carbocycles. The summed E-state index contributed by atoms with van der Waals surface area (Å²) in [5, 5.41) is 36.9. The number of rotatable bonds is 8. The second-order valence-corrected chi connectivity index (χ2v) is 4.71. The minimum absolute atomic E-state index is 0.0291. The Morgan fingerprint density at radius 3 is 2.57 bits per heavy atom. The molecule has 0 aromatic carbocycles. The van der Waals surface area contributed by atoms with Crippen molar-refractivity contribution < 1.29 is 25.2 Å². The van der Waals surface area contributed by atoms with E-state index in [9.17, 15) is 19.8 Å². The Morgan fingerprint density at radius 1 is 1.38 bits per heavy atom. The minimum Gasteiger partial charge on any atom is -0.503 e. The molecule has 1 aromatic heterocycles. The van der Waals surface area contributed by atoms with Crippen molar-refractivity contribution in [3.05, 3.63) is 27.7 Å². The van der Waals surface area contributed by atoms with E-state index in [4.69, 9.17) is 10.2 Å². The van der Waals surface area contributed by atoms with Crippen LogP contribution in [-0.4, -0.2) is 56.1 Å². The summed E-state index contributed by atoms with van der Waals surface area (Å²) in [7, 11) is 1.69. The monoisotopic (exact) mass is 300 g/mol. The molecule has 8 nitrogen and oxygen atoms in total. The van der Waals surface area contributed by atoms with E-state index >= 15 is 0 Å². The molecule has 0 aliphatic heterocycles. The number of aromatic hydroxyl groups is 1. The van der Waals surface area contributed by atoms with Gasteiger partial charge in [0.05, 0.1) is 25.3 Å². The van der Waals surface area contributed by atoms with E-state index in [0.717, 1.165) is 6.07 Å². The van der Waals surface area contributed by atoms with Gasteiger partial charge in [0.1, 0.15) is 0 Å². The number of aliphatic carboxylic acids is 1. The van der Waals surface area contributed by atoms with Gasteiger partial charge in [0.15, 0.2) is 5.75 Å². The average molecular weight is 300 g/mol. The van der Waals surface area contributed by atoms with Gasteiger partial charge in [-0.15, -0.1) is 0 Å². The molecule has 0 atom stereocenters. The van der Waals surface area contributed by atoms with Gasteiger partial charge in [-0.25, -0.2) is 0 Å². The highest BCUT2D eigenvalue weighted by Gasteiger charge is 2.16. The van der Waals surface area contributed by atoms with Crippen molar-refractivity contribution in [2.24, 2.45) is 0 Å². The van der Waals surface area contributed by atoms with E-state index in [1.165, 1.54) is 4.57 Å². The molecule has 1 rings (SSSR count). The van der Waals surface area contributed by atoms with Crippen LogP contribution < -0.4 is 5.43 Å². The van der Waals surface area contributed by atoms with Crippen LogP contribution in [0.1, 0.15) is 17.8 Å². The molecule has 0 aliphatic carbocycles. The number of carbonyl (C=O) groups is 1. The summed E-state index contributed by atoms with van der Waals surface area (Å²) in [6, 6.07) is 1.09. The fourth-order valence-corrected chi connectivity index (χ4v) is 2.02. The number of hydrogen-bond acceptors (Lipinski definition) is 6. The van der Waals surface area contributed by atoms with Crippen LogP contribution in [0.5, 0.6) is 5.75 Å². The second kappa shape index (κ2) is 7.77. The summed E-state index contributed by atoms with van der Waals surface area (Å²) < 4.78 is 1.43. The zero-order valence-corrected chi connectivity index (χ0v) is 11.8. The predicted molar refractivity (Wildman–Crippen MR) is 74.0 cm³/mol. The van der Waals surface area contributed by atoms with Crippen LogP contribution in [-0.2, 0) is 24.5 Å². The first-order valence-corrected chi connectivity index (χ1v) is 6.47. The molecule has 0 spiro atoms. The zero-order valence-electron chi connectivity index (χ0n) is 11.8. The molecule has 0 bridgehead atoms. The summed E-state index contributed by atoms with van der Waals surface area (Å²) >= 11 is 0. The number of carboxylic acids is 1. The number of nitrogens with zero attached hydrogens (tertiary/aromatic N) is 2. The molecule has 0 aliphatic rings. The molecule has 0 amide bonds. The summed E-state index contributed by atoms with van der Waals surface area (Å²) in [5.74, 6) is -1.49. The smallest absolute Gasteiger partial charge is 0.305 e. The molecule has 0 saturated heterocycles. The molecule has 1 aromatic rings. The second-order valence-electron chi connectivity index (χ2n) is 4.71. The van der Waals surface area contributed by atoms with E-state index in [1.807, 2.05) is 0 Å². The highest BCUT2D eigenvalue weighted by Crippen LogP contribution is 2.17. The van der Waals surface area contributed by atoms with Crippen LogP contribution in [0.3, 0.4) is 0 Å². The molecule has 0 radical (unpaired) electrons. The molecule has 0 unspecified atom stereocenters. The van der Waals surface area contributed by atoms with Gasteiger partial charge >= 0.3 is 5.97 Å². The normalized spacial score (nSPS) is 11.0. The number of hydrogen-bond donors (Lipinski definition) is 4. The van der Waals surface area contributed by atoms with Gasteiger partial charge in [0, 0.05) is 31.4 Å². The SMILES string of the molecule is CN(CCO)Cc1c(O)c(=O)cc(CO)n1CCC(=O)O. The first-order chi connectivity index (χ1) is 9.90. The Balaban J connectivity index is 3.24. The maximum atomic E-state index is 11.7. The summed E-state index contributed by atoms with van der Waals surface area (Å²) in [6.45, 7) is -0.0193. The fraction of sp³-hybridized carbons (Fsp3) is 0.538. The van der Waals surface area contributed by atoms with Crippen molar-refractivity contribution in [1.82, 2.24) is 9.47 Å². The Bertz CT molecular complexity index is 554. The lowest BCUT2D eigenvalue weighted by molar-refractivity contribution is -0.137. The van der Waals surface area contributed by atoms with Gasteiger partial charge < -0.3 is 25.0 Å². The van der Waals surface area contributed by atoms with Crippen molar-refractivity contribution >= 4 is 5.97 Å². The van der Waals surface area contributed by atoms with Gasteiger partial charge in [-0.1, -0.05) is 0 Å². The quantitative estimate of drug-likeness (QED) is 0.483. The highest BCUT2D eigenvalue weighted by atomic mass is 16.4. The highest BCUT2D eigenvalue weighted by molar-refractivity contribution is 5.66. The van der Waals surface area contributed by atoms with Crippen molar-refractivity contribution in [3.63, 3.8) is 0 Å². The molecule has 21 heavy (non-hydrogen) atoms. The summed E-state index contributed by atoms with van der Waals surface area (Å²) in [5.41, 5.74) is -0.159. The van der Waals surface area contributed by atoms with Crippen LogP contribution in [0.15, 0.2) is 10.9 Å². The average Bonchev–Trinajstić information content (AvgIpc) is 2.42. The number of aromatic nitrogens is 1. The van der Waals surface area contributed by atoms with Crippen LogP contribution >= 0.6 is 0 Å². The lowest BCUT2D eigenvalue weighted by Gasteiger charge is -2.22. The van der Waals surface area contributed by atoms with Crippen LogP contribution in [0.25, 0.3) is 0 Å². The molecule has 0 fully saturated rings. The maximum absolute atomic E-state index is 11.7. The number of pyridine rings is 1. The molecular formula is C13H20N2O6. The largest absolute Gasteiger partial charge is 0.503 e. The molecule has 8 heteroatoms. The van der Waals surface area contributed by atoms with E-state index < -0.39 is 23.8 Å². The van der Waals surface area contributed by atoms with Crippen LogP contribution in [0.2, 0.25) is 0 Å². The Kier molecular flexibility index (Phi) is 6.35. The third-order valence-electron chi connectivity index (χ3n) is 3.09. The first-order valence-electron chi connectivity index (χ1n) is 6.47. The minimum atomic E-state index is -1.02. The van der Waals surface area contributed by atoms with Gasteiger partial charge in [0.25, 0.3) is 0 Å². The number of carboxylic acid groups (broad SMARTS) is 1. The van der Waals surface area contributed by atoms with E-state index in [0.29, 0.717) is 6.54 Å². The number of aliphatic hydroxyl groups is 2. The Morgan fingerprint density at radius 2 is 2.05 bits per heavy atom. The Hall–Kier alpha value is -1.90. The number of likely N-dealkylation sites (N-methyl/N-ethyl adjacent to an activating group) is 1. The van der Waals surface area contributed by atoms with Gasteiger partial charge in [-0.05, 0) is 7.05 Å². The Labute approximate surface area is 121 Å². The third-order valence-corrected chi connectivity index (χ3v) is 3.09. The van der Waals surface area contributed by atoms with Crippen molar-refractivity contribution in [2.75, 3.05) is 20.2 Å². The van der Waals surface area contributed by atoms with Crippen molar-refractivity contribution in [1.29, 1.82) is 0 Å². The molecular weight excluding hydrogens is 280 g/mol. The lowest BCUT2D eigenvalue weighted by Crippen LogP contribution is -2.27. The van der Waals surface area contributed by atoms with Gasteiger partial charge in [-0.2, -0.15) is 0 Å². The van der Waals surface area contributed by atoms with Crippen LogP contribution in [0, 0.1) is 0 Å². The number of aliphatic hydroxyl groups excluding tert-OH is 2. The predicted octanol–water partition coefficient (Wildman–Crippen LogP) is -1.06. The van der Waals surface area contributed by atoms with E-state index in [-0.39, 0.29) is 37.5 Å². The zero-order chi connectivity index (χ0) is 16.0. The molecule has 118 valence electrons. The molecule has 4 N–H and O–H groups in total. The molecule has 1 heterocycles.